The predicted molar refractivity (Wildman–Crippen MR) is 120 cm³/mol. The van der Waals surface area contributed by atoms with Crippen LogP contribution in [0.1, 0.15) is 25.5 Å². The lowest BCUT2D eigenvalue weighted by Crippen LogP contribution is -2.31. The van der Waals surface area contributed by atoms with Crippen molar-refractivity contribution in [1.82, 2.24) is 14.8 Å². The summed E-state index contributed by atoms with van der Waals surface area (Å²) in [5.41, 5.74) is 0.731. The van der Waals surface area contributed by atoms with E-state index in [2.05, 4.69) is 20.7 Å². The first-order valence-electron chi connectivity index (χ1n) is 10.3. The van der Waals surface area contributed by atoms with Gasteiger partial charge in [0.05, 0.1) is 29.9 Å². The lowest BCUT2D eigenvalue weighted by Gasteiger charge is -2.29. The number of ether oxygens (including phenoxy) is 2. The van der Waals surface area contributed by atoms with Gasteiger partial charge in [0.1, 0.15) is 23.9 Å². The maximum atomic E-state index is 13.5. The number of carbonyl (C=O) groups excluding carboxylic acids is 1. The van der Waals surface area contributed by atoms with Gasteiger partial charge in [-0.05, 0) is 37.6 Å². The molecule has 12 heteroatoms. The zero-order chi connectivity index (χ0) is 24.4. The number of benzene rings is 2. The van der Waals surface area contributed by atoms with E-state index in [9.17, 15) is 20.0 Å². The van der Waals surface area contributed by atoms with E-state index in [1.54, 1.807) is 38.1 Å². The number of para-hydroxylation sites is 2. The van der Waals surface area contributed by atoms with E-state index in [0.29, 0.717) is 23.1 Å². The van der Waals surface area contributed by atoms with Crippen LogP contribution in [0.4, 0.5) is 17.3 Å². The molecule has 34 heavy (non-hydrogen) atoms. The highest BCUT2D eigenvalue weighted by atomic mass is 16.6. The quantitative estimate of drug-likeness (QED) is 0.395. The third-order valence-corrected chi connectivity index (χ3v) is 5.26. The summed E-state index contributed by atoms with van der Waals surface area (Å²) in [5, 5.41) is 34.2. The van der Waals surface area contributed by atoms with Crippen molar-refractivity contribution in [2.45, 2.75) is 19.9 Å². The molecule has 4 rings (SSSR count). The molecule has 0 saturated heterocycles. The normalized spacial score (nSPS) is 14.7. The first-order valence-corrected chi connectivity index (χ1v) is 10.3. The summed E-state index contributed by atoms with van der Waals surface area (Å²) < 4.78 is 12.1. The second-order valence-electron chi connectivity index (χ2n) is 7.31. The van der Waals surface area contributed by atoms with E-state index in [4.69, 9.17) is 9.47 Å². The van der Waals surface area contributed by atoms with E-state index < -0.39 is 28.3 Å². The van der Waals surface area contributed by atoms with Gasteiger partial charge in [-0.1, -0.05) is 12.1 Å². The molecule has 2 aromatic carbocycles. The van der Waals surface area contributed by atoms with Crippen LogP contribution in [0.15, 0.2) is 54.0 Å². The molecule has 12 nitrogen and oxygen atoms in total. The Hall–Kier alpha value is -4.61. The third kappa shape index (κ3) is 3.96. The van der Waals surface area contributed by atoms with Gasteiger partial charge in [-0.2, -0.15) is 10.1 Å². The number of fused-ring (bicyclic) bond motifs is 1. The van der Waals surface area contributed by atoms with Gasteiger partial charge in [0.2, 0.25) is 5.95 Å². The Kier molecular flexibility index (Phi) is 6.04. The highest BCUT2D eigenvalue weighted by molar-refractivity contribution is 6.06. The van der Waals surface area contributed by atoms with Crippen molar-refractivity contribution < 1.29 is 24.3 Å². The summed E-state index contributed by atoms with van der Waals surface area (Å²) in [4.78, 5) is 28.5. The molecule has 1 aliphatic rings. The average molecular weight is 465 g/mol. The molecule has 0 unspecified atom stereocenters. The van der Waals surface area contributed by atoms with Crippen LogP contribution in [0, 0.1) is 10.1 Å². The van der Waals surface area contributed by atoms with Gasteiger partial charge in [-0.3, -0.25) is 14.9 Å². The summed E-state index contributed by atoms with van der Waals surface area (Å²) in [5.74, 6) is -0.727. The van der Waals surface area contributed by atoms with Gasteiger partial charge < -0.3 is 25.2 Å². The molecular formula is C22H21N6O6-. The Balaban J connectivity index is 1.86. The van der Waals surface area contributed by atoms with Crippen LogP contribution in [-0.4, -0.2) is 39.3 Å². The fraction of sp³-hybridized carbons (Fsp3) is 0.227. The lowest BCUT2D eigenvalue weighted by molar-refractivity contribution is -0.398. The van der Waals surface area contributed by atoms with E-state index in [1.807, 2.05) is 0 Å². The number of aromatic nitrogens is 3. The molecule has 1 atom stereocenters. The van der Waals surface area contributed by atoms with Crippen molar-refractivity contribution in [3.63, 3.8) is 0 Å². The SMILES string of the molecule is CCOc1cc([C@@H]2C(C(=O)Nc3ccccc3OC)=C(C)Nc3ncnn32)cc([N+](=O)[O-])c1[O-]. The zero-order valence-electron chi connectivity index (χ0n) is 18.6. The third-order valence-electron chi connectivity index (χ3n) is 5.26. The number of carbonyl (C=O) groups is 1. The zero-order valence-corrected chi connectivity index (χ0v) is 18.6. The first-order chi connectivity index (χ1) is 16.3. The van der Waals surface area contributed by atoms with Crippen LogP contribution in [0.3, 0.4) is 0 Å². The minimum Gasteiger partial charge on any atom is -0.865 e. The van der Waals surface area contributed by atoms with E-state index in [0.717, 1.165) is 6.07 Å². The van der Waals surface area contributed by atoms with Crippen LogP contribution in [-0.2, 0) is 4.79 Å². The molecule has 0 aliphatic carbocycles. The van der Waals surface area contributed by atoms with Gasteiger partial charge in [-0.25, -0.2) is 4.68 Å². The van der Waals surface area contributed by atoms with Gasteiger partial charge in [-0.15, -0.1) is 0 Å². The van der Waals surface area contributed by atoms with Crippen molar-refractivity contribution >= 4 is 23.2 Å². The number of hydrogen-bond acceptors (Lipinski definition) is 9. The number of methoxy groups -OCH3 is 1. The van der Waals surface area contributed by atoms with Gasteiger partial charge in [0, 0.05) is 17.5 Å². The molecule has 3 aromatic rings. The molecule has 0 spiro atoms. The standard InChI is InChI=1S/C22H22N6O6/c1-4-34-17-10-13(9-15(20(17)29)28(31)32)19-18(12(2)25-22-23-11-24-27(19)22)21(30)26-14-7-5-6-8-16(14)33-3/h5-11,19,29H,4H2,1-3H3,(H,26,30)(H,23,24,25)/p-1/t19-/m1/s1. The fourth-order valence-electron chi connectivity index (χ4n) is 3.80. The Bertz CT molecular complexity index is 1300. The molecule has 0 saturated carbocycles. The first kappa shape index (κ1) is 22.6. The average Bonchev–Trinajstić information content (AvgIpc) is 3.27. The molecule has 176 valence electrons. The predicted octanol–water partition coefficient (Wildman–Crippen LogP) is 2.59. The Morgan fingerprint density at radius 1 is 1.29 bits per heavy atom. The summed E-state index contributed by atoms with van der Waals surface area (Å²) >= 11 is 0. The van der Waals surface area contributed by atoms with Crippen LogP contribution in [0.5, 0.6) is 17.2 Å². The summed E-state index contributed by atoms with van der Waals surface area (Å²) in [6.07, 6.45) is 1.30. The van der Waals surface area contributed by atoms with Gasteiger partial charge in [0.15, 0.2) is 0 Å². The van der Waals surface area contributed by atoms with Gasteiger partial charge >= 0.3 is 0 Å². The number of amides is 1. The van der Waals surface area contributed by atoms with Crippen LogP contribution >= 0.6 is 0 Å². The number of nitrogens with zero attached hydrogens (tertiary/aromatic N) is 4. The molecule has 1 aromatic heterocycles. The molecule has 2 heterocycles. The summed E-state index contributed by atoms with van der Waals surface area (Å²) in [6, 6.07) is 8.50. The molecular weight excluding hydrogens is 444 g/mol. The molecule has 1 amide bonds. The summed E-state index contributed by atoms with van der Waals surface area (Å²) in [7, 11) is 1.49. The minimum atomic E-state index is -0.924. The molecule has 0 bridgehead atoms. The smallest absolute Gasteiger partial charge is 0.265 e. The largest absolute Gasteiger partial charge is 0.865 e. The molecule has 2 N–H and O–H groups in total. The van der Waals surface area contributed by atoms with Gasteiger partial charge in [0.25, 0.3) is 11.6 Å². The second kappa shape index (κ2) is 9.10. The van der Waals surface area contributed by atoms with E-state index >= 15 is 0 Å². The lowest BCUT2D eigenvalue weighted by atomic mass is 9.94. The van der Waals surface area contributed by atoms with Crippen LogP contribution in [0.2, 0.25) is 0 Å². The number of hydrogen-bond donors (Lipinski definition) is 2. The highest BCUT2D eigenvalue weighted by Gasteiger charge is 2.35. The Labute approximate surface area is 194 Å². The summed E-state index contributed by atoms with van der Waals surface area (Å²) in [6.45, 7) is 3.48. The number of nitro benzene ring substituents is 1. The van der Waals surface area contributed by atoms with Crippen molar-refractivity contribution in [3.05, 3.63) is 69.7 Å². The number of nitro groups is 1. The highest BCUT2D eigenvalue weighted by Crippen LogP contribution is 2.42. The minimum absolute atomic E-state index is 0.132. The molecule has 1 aliphatic heterocycles. The number of allylic oxidation sites excluding steroid dienone is 1. The van der Waals surface area contributed by atoms with Crippen molar-refractivity contribution in [2.24, 2.45) is 0 Å². The maximum Gasteiger partial charge on any atom is 0.265 e. The van der Waals surface area contributed by atoms with Crippen molar-refractivity contribution in [2.75, 3.05) is 24.4 Å². The maximum absolute atomic E-state index is 13.5. The van der Waals surface area contributed by atoms with Crippen LogP contribution in [0.25, 0.3) is 0 Å². The number of rotatable bonds is 7. The second-order valence-corrected chi connectivity index (χ2v) is 7.31. The Morgan fingerprint density at radius 2 is 2.06 bits per heavy atom. The topological polar surface area (TPSA) is 157 Å². The number of anilines is 2. The molecule has 0 fully saturated rings. The van der Waals surface area contributed by atoms with E-state index in [1.165, 1.54) is 24.2 Å². The van der Waals surface area contributed by atoms with E-state index in [-0.39, 0.29) is 23.5 Å². The Morgan fingerprint density at radius 3 is 2.76 bits per heavy atom. The van der Waals surface area contributed by atoms with Crippen molar-refractivity contribution in [1.29, 1.82) is 0 Å². The molecule has 0 radical (unpaired) electrons. The van der Waals surface area contributed by atoms with Crippen LogP contribution < -0.4 is 25.2 Å². The monoisotopic (exact) mass is 465 g/mol. The van der Waals surface area contributed by atoms with Crippen molar-refractivity contribution in [3.8, 4) is 17.2 Å². The number of nitrogens with one attached hydrogen (secondary N) is 2. The fourth-order valence-corrected chi connectivity index (χ4v) is 3.80.